The Morgan fingerprint density at radius 3 is 2.41 bits per heavy atom. The van der Waals surface area contributed by atoms with Crippen LogP contribution in [0.15, 0.2) is 24.3 Å². The lowest BCUT2D eigenvalue weighted by Gasteiger charge is -2.18. The van der Waals surface area contributed by atoms with Crippen molar-refractivity contribution < 1.29 is 4.79 Å². The molecule has 0 aliphatic carbocycles. The molecule has 1 aromatic rings. The molecule has 17 heavy (non-hydrogen) atoms. The Bertz CT molecular complexity index is 357. The molecule has 0 aromatic heterocycles. The molecule has 1 amide bonds. The molecule has 0 aliphatic heterocycles. The summed E-state index contributed by atoms with van der Waals surface area (Å²) in [4.78, 5) is 13.8. The predicted octanol–water partition coefficient (Wildman–Crippen LogP) is 2.06. The first-order valence-electron chi connectivity index (χ1n) is 6.14. The van der Waals surface area contributed by atoms with Crippen molar-refractivity contribution in [2.24, 2.45) is 5.73 Å². The summed E-state index contributed by atoms with van der Waals surface area (Å²) in [5.41, 5.74) is 7.67. The molecule has 0 heterocycles. The van der Waals surface area contributed by atoms with E-state index in [2.05, 4.69) is 6.92 Å². The smallest absolute Gasteiger partial charge is 0.253 e. The lowest BCUT2D eigenvalue weighted by atomic mass is 10.1. The maximum atomic E-state index is 12.0. The number of rotatable bonds is 5. The summed E-state index contributed by atoms with van der Waals surface area (Å²) >= 11 is 0. The lowest BCUT2D eigenvalue weighted by Crippen LogP contribution is -2.31. The van der Waals surface area contributed by atoms with E-state index in [1.54, 1.807) is 4.90 Å². The van der Waals surface area contributed by atoms with Gasteiger partial charge >= 0.3 is 0 Å². The number of nitrogens with zero attached hydrogens (tertiary/aromatic N) is 1. The predicted molar refractivity (Wildman–Crippen MR) is 71.0 cm³/mol. The van der Waals surface area contributed by atoms with Gasteiger partial charge in [-0.15, -0.1) is 0 Å². The zero-order valence-electron chi connectivity index (χ0n) is 10.9. The van der Waals surface area contributed by atoms with Gasteiger partial charge < -0.3 is 10.6 Å². The normalized spacial score (nSPS) is 12.2. The molecule has 3 heteroatoms. The van der Waals surface area contributed by atoms with Crippen LogP contribution in [0.4, 0.5) is 0 Å². The van der Waals surface area contributed by atoms with Gasteiger partial charge in [-0.1, -0.05) is 19.1 Å². The third-order valence-corrected chi connectivity index (χ3v) is 2.88. The van der Waals surface area contributed by atoms with Crippen LogP contribution in [0, 0.1) is 0 Å². The summed E-state index contributed by atoms with van der Waals surface area (Å²) in [5, 5.41) is 0. The summed E-state index contributed by atoms with van der Waals surface area (Å²) in [6.07, 6.45) is 1.82. The van der Waals surface area contributed by atoms with Crippen molar-refractivity contribution in [3.05, 3.63) is 35.4 Å². The van der Waals surface area contributed by atoms with Gasteiger partial charge in [0.05, 0.1) is 0 Å². The van der Waals surface area contributed by atoms with E-state index in [0.29, 0.717) is 6.54 Å². The Labute approximate surface area is 104 Å². The third-order valence-electron chi connectivity index (χ3n) is 2.88. The van der Waals surface area contributed by atoms with E-state index in [4.69, 9.17) is 5.73 Å². The van der Waals surface area contributed by atoms with Crippen molar-refractivity contribution in [2.75, 3.05) is 13.6 Å². The van der Waals surface area contributed by atoms with Crippen LogP contribution in [-0.2, 0) is 6.42 Å². The first-order valence-corrected chi connectivity index (χ1v) is 6.14. The fourth-order valence-corrected chi connectivity index (χ4v) is 1.60. The Kier molecular flexibility index (Phi) is 5.16. The molecule has 0 radical (unpaired) electrons. The molecular formula is C14H22N2O. The molecule has 1 atom stereocenters. The zero-order chi connectivity index (χ0) is 12.8. The standard InChI is InChI=1S/C14H22N2O/c1-4-12-5-7-13(8-6-12)14(17)16(3)10-9-11(2)15/h5-8,11H,4,9-10,15H2,1-3H3. The van der Waals surface area contributed by atoms with E-state index in [1.165, 1.54) is 5.56 Å². The molecule has 3 nitrogen and oxygen atoms in total. The maximum Gasteiger partial charge on any atom is 0.253 e. The van der Waals surface area contributed by atoms with Crippen LogP contribution in [0.5, 0.6) is 0 Å². The molecule has 94 valence electrons. The quantitative estimate of drug-likeness (QED) is 0.847. The van der Waals surface area contributed by atoms with Gasteiger partial charge in [0.15, 0.2) is 0 Å². The van der Waals surface area contributed by atoms with E-state index in [1.807, 2.05) is 38.2 Å². The maximum absolute atomic E-state index is 12.0. The number of carbonyl (C=O) groups is 1. The number of hydrogen-bond donors (Lipinski definition) is 1. The van der Waals surface area contributed by atoms with Crippen molar-refractivity contribution in [1.29, 1.82) is 0 Å². The van der Waals surface area contributed by atoms with Crippen LogP contribution in [0.25, 0.3) is 0 Å². The Balaban J connectivity index is 2.61. The highest BCUT2D eigenvalue weighted by atomic mass is 16.2. The van der Waals surface area contributed by atoms with E-state index in [9.17, 15) is 4.79 Å². The summed E-state index contributed by atoms with van der Waals surface area (Å²) < 4.78 is 0. The second-order valence-corrected chi connectivity index (χ2v) is 4.54. The van der Waals surface area contributed by atoms with E-state index in [0.717, 1.165) is 18.4 Å². The van der Waals surface area contributed by atoms with Crippen molar-refractivity contribution >= 4 is 5.91 Å². The molecule has 2 N–H and O–H groups in total. The van der Waals surface area contributed by atoms with Crippen LogP contribution in [-0.4, -0.2) is 30.4 Å². The molecule has 1 rings (SSSR count). The number of carbonyl (C=O) groups excluding carboxylic acids is 1. The molecule has 0 spiro atoms. The monoisotopic (exact) mass is 234 g/mol. The number of benzene rings is 1. The fourth-order valence-electron chi connectivity index (χ4n) is 1.60. The van der Waals surface area contributed by atoms with Gasteiger partial charge in [-0.05, 0) is 37.5 Å². The van der Waals surface area contributed by atoms with Gasteiger partial charge in [-0.2, -0.15) is 0 Å². The number of amides is 1. The van der Waals surface area contributed by atoms with Gasteiger partial charge in [0.1, 0.15) is 0 Å². The average Bonchev–Trinajstić information content (AvgIpc) is 2.35. The van der Waals surface area contributed by atoms with Crippen LogP contribution >= 0.6 is 0 Å². The molecular weight excluding hydrogens is 212 g/mol. The lowest BCUT2D eigenvalue weighted by molar-refractivity contribution is 0.0792. The second-order valence-electron chi connectivity index (χ2n) is 4.54. The summed E-state index contributed by atoms with van der Waals surface area (Å²) in [6.45, 7) is 4.76. The number of nitrogens with two attached hydrogens (primary N) is 1. The number of hydrogen-bond acceptors (Lipinski definition) is 2. The van der Waals surface area contributed by atoms with Crippen LogP contribution in [0.1, 0.15) is 36.2 Å². The first-order chi connectivity index (χ1) is 8.04. The summed E-state index contributed by atoms with van der Waals surface area (Å²) in [5.74, 6) is 0.0632. The SMILES string of the molecule is CCc1ccc(C(=O)N(C)CCC(C)N)cc1. The summed E-state index contributed by atoms with van der Waals surface area (Å²) in [7, 11) is 1.82. The fraction of sp³-hybridized carbons (Fsp3) is 0.500. The van der Waals surface area contributed by atoms with Gasteiger partial charge in [-0.25, -0.2) is 0 Å². The van der Waals surface area contributed by atoms with Crippen LogP contribution in [0.2, 0.25) is 0 Å². The Morgan fingerprint density at radius 2 is 1.94 bits per heavy atom. The molecule has 1 unspecified atom stereocenters. The Hall–Kier alpha value is -1.35. The van der Waals surface area contributed by atoms with Crippen LogP contribution in [0.3, 0.4) is 0 Å². The first kappa shape index (κ1) is 13.7. The van der Waals surface area contributed by atoms with Crippen molar-refractivity contribution in [3.63, 3.8) is 0 Å². The van der Waals surface area contributed by atoms with Gasteiger partial charge in [-0.3, -0.25) is 4.79 Å². The highest BCUT2D eigenvalue weighted by molar-refractivity contribution is 5.94. The van der Waals surface area contributed by atoms with Gasteiger partial charge in [0.2, 0.25) is 0 Å². The molecule has 0 fully saturated rings. The highest BCUT2D eigenvalue weighted by Gasteiger charge is 2.11. The van der Waals surface area contributed by atoms with Crippen molar-refractivity contribution in [1.82, 2.24) is 4.90 Å². The van der Waals surface area contributed by atoms with Crippen molar-refractivity contribution in [2.45, 2.75) is 32.7 Å². The minimum atomic E-state index is 0.0632. The molecule has 1 aromatic carbocycles. The Morgan fingerprint density at radius 1 is 1.35 bits per heavy atom. The minimum absolute atomic E-state index is 0.0632. The average molecular weight is 234 g/mol. The molecule has 0 aliphatic rings. The van der Waals surface area contributed by atoms with Crippen LogP contribution < -0.4 is 5.73 Å². The molecule has 0 saturated heterocycles. The van der Waals surface area contributed by atoms with Gasteiger partial charge in [0.25, 0.3) is 5.91 Å². The molecule has 0 saturated carbocycles. The highest BCUT2D eigenvalue weighted by Crippen LogP contribution is 2.08. The van der Waals surface area contributed by atoms with E-state index >= 15 is 0 Å². The number of aryl methyl sites for hydroxylation is 1. The zero-order valence-corrected chi connectivity index (χ0v) is 10.9. The topological polar surface area (TPSA) is 46.3 Å². The summed E-state index contributed by atoms with van der Waals surface area (Å²) in [6, 6.07) is 7.93. The third kappa shape index (κ3) is 4.19. The second kappa shape index (κ2) is 6.40. The molecule has 0 bridgehead atoms. The largest absolute Gasteiger partial charge is 0.342 e. The minimum Gasteiger partial charge on any atom is -0.342 e. The van der Waals surface area contributed by atoms with Crippen molar-refractivity contribution in [3.8, 4) is 0 Å². The van der Waals surface area contributed by atoms with Gasteiger partial charge in [0, 0.05) is 25.2 Å². The van der Waals surface area contributed by atoms with E-state index in [-0.39, 0.29) is 11.9 Å². The van der Waals surface area contributed by atoms with E-state index < -0.39 is 0 Å².